The second-order valence-electron chi connectivity index (χ2n) is 9.00. The average molecular weight is 421 g/mol. The van der Waals surface area contributed by atoms with E-state index in [1.54, 1.807) is 19.1 Å². The van der Waals surface area contributed by atoms with Gasteiger partial charge in [-0.1, -0.05) is 26.0 Å². The number of ketones is 1. The van der Waals surface area contributed by atoms with Crippen molar-refractivity contribution in [3.63, 3.8) is 0 Å². The van der Waals surface area contributed by atoms with Gasteiger partial charge in [0.1, 0.15) is 17.3 Å². The summed E-state index contributed by atoms with van der Waals surface area (Å²) in [6, 6.07) is 12.5. The Kier molecular flexibility index (Phi) is 5.33. The first-order valence-corrected chi connectivity index (χ1v) is 10.5. The molecule has 162 valence electrons. The first kappa shape index (κ1) is 21.1. The van der Waals surface area contributed by atoms with E-state index in [-0.39, 0.29) is 17.1 Å². The van der Waals surface area contributed by atoms with Crippen molar-refractivity contribution >= 4 is 28.8 Å². The van der Waals surface area contributed by atoms with Crippen LogP contribution >= 0.6 is 0 Å². The number of hydrogen-bond donors (Lipinski definition) is 0. The molecule has 0 saturated heterocycles. The molecule has 4 rings (SSSR count). The number of hydrogen-bond acceptors (Lipinski definition) is 5. The summed E-state index contributed by atoms with van der Waals surface area (Å²) in [7, 11) is 3.19. The summed E-state index contributed by atoms with van der Waals surface area (Å²) in [6.07, 6.45) is 1.12. The van der Waals surface area contributed by atoms with E-state index in [2.05, 4.69) is 13.8 Å². The van der Waals surface area contributed by atoms with Crippen molar-refractivity contribution < 1.29 is 19.1 Å². The first-order valence-electron chi connectivity index (χ1n) is 10.5. The predicted octanol–water partition coefficient (Wildman–Crippen LogP) is 4.89. The zero-order valence-corrected chi connectivity index (χ0v) is 18.6. The van der Waals surface area contributed by atoms with Gasteiger partial charge < -0.3 is 14.4 Å². The van der Waals surface area contributed by atoms with Gasteiger partial charge in [0.15, 0.2) is 0 Å². The van der Waals surface area contributed by atoms with Gasteiger partial charge in [0, 0.05) is 24.6 Å². The van der Waals surface area contributed by atoms with Crippen LogP contribution in [0.25, 0.3) is 0 Å². The van der Waals surface area contributed by atoms with Crippen LogP contribution < -0.4 is 14.4 Å². The van der Waals surface area contributed by atoms with E-state index in [0.717, 1.165) is 11.3 Å². The lowest BCUT2D eigenvalue weighted by atomic mass is 9.68. The molecule has 2 aromatic rings. The van der Waals surface area contributed by atoms with Gasteiger partial charge in [0.2, 0.25) is 5.91 Å². The van der Waals surface area contributed by atoms with Gasteiger partial charge in [0.25, 0.3) is 0 Å². The molecule has 0 N–H and O–H groups in total. The summed E-state index contributed by atoms with van der Waals surface area (Å²) in [5, 5.41) is 0. The van der Waals surface area contributed by atoms with E-state index in [0.29, 0.717) is 35.7 Å². The molecule has 2 aromatic carbocycles. The molecular weight excluding hydrogens is 392 g/mol. The van der Waals surface area contributed by atoms with E-state index < -0.39 is 12.0 Å². The van der Waals surface area contributed by atoms with Crippen LogP contribution in [0.3, 0.4) is 0 Å². The Morgan fingerprint density at radius 3 is 2.52 bits per heavy atom. The molecule has 1 heterocycles. The van der Waals surface area contributed by atoms with Crippen molar-refractivity contribution in [3.8, 4) is 11.5 Å². The Morgan fingerprint density at radius 2 is 1.84 bits per heavy atom. The highest BCUT2D eigenvalue weighted by Gasteiger charge is 2.48. The number of methoxy groups -OCH3 is 2. The molecule has 1 amide bonds. The SMILES string of the molecule is COc1ccc(OC)c([C@@H]2C3C(=O)CC(C)(C)CC3=Nc3ccccc3N2C(C)=O)c1. The second kappa shape index (κ2) is 7.84. The number of ether oxygens (including phenoxy) is 2. The average Bonchev–Trinajstić information content (AvgIpc) is 2.86. The summed E-state index contributed by atoms with van der Waals surface area (Å²) in [5.41, 5.74) is 2.76. The Bertz CT molecular complexity index is 1070. The largest absolute Gasteiger partial charge is 0.497 e. The zero-order chi connectivity index (χ0) is 22.3. The van der Waals surface area contributed by atoms with Crippen LogP contribution in [0.1, 0.15) is 45.2 Å². The molecule has 1 aliphatic heterocycles. The van der Waals surface area contributed by atoms with Gasteiger partial charge in [-0.3, -0.25) is 14.6 Å². The van der Waals surface area contributed by atoms with Crippen molar-refractivity contribution in [3.05, 3.63) is 48.0 Å². The fraction of sp³-hybridized carbons (Fsp3) is 0.400. The molecule has 2 aliphatic rings. The maximum Gasteiger partial charge on any atom is 0.224 e. The number of Topliss-reactive ketones (excluding diaryl/α,β-unsaturated/α-hetero) is 1. The molecule has 1 saturated carbocycles. The number of para-hydroxylation sites is 2. The Morgan fingerprint density at radius 1 is 1.10 bits per heavy atom. The lowest BCUT2D eigenvalue weighted by molar-refractivity contribution is -0.124. The number of fused-ring (bicyclic) bond motifs is 2. The van der Waals surface area contributed by atoms with Gasteiger partial charge in [-0.2, -0.15) is 0 Å². The Labute approximate surface area is 182 Å². The number of anilines is 1. The zero-order valence-electron chi connectivity index (χ0n) is 18.6. The quantitative estimate of drug-likeness (QED) is 0.709. The standard InChI is InChI=1S/C25H28N2O4/c1-15(28)27-20-9-7-6-8-18(20)26-19-13-25(2,3)14-21(29)23(19)24(27)17-12-16(30-4)10-11-22(17)31-5/h6-12,23-24H,13-14H2,1-5H3/t23?,24-/m1/s1. The summed E-state index contributed by atoms with van der Waals surface area (Å²) >= 11 is 0. The molecule has 31 heavy (non-hydrogen) atoms. The molecule has 1 aliphatic carbocycles. The third-order valence-corrected chi connectivity index (χ3v) is 6.11. The molecular formula is C25H28N2O4. The molecule has 0 aromatic heterocycles. The molecule has 1 unspecified atom stereocenters. The van der Waals surface area contributed by atoms with Crippen LogP contribution in [0.2, 0.25) is 0 Å². The van der Waals surface area contributed by atoms with Crippen molar-refractivity contribution in [2.75, 3.05) is 19.1 Å². The minimum atomic E-state index is -0.575. The lowest BCUT2D eigenvalue weighted by Gasteiger charge is -2.41. The van der Waals surface area contributed by atoms with Gasteiger partial charge in [-0.25, -0.2) is 0 Å². The molecule has 2 atom stereocenters. The van der Waals surface area contributed by atoms with E-state index in [9.17, 15) is 9.59 Å². The third kappa shape index (κ3) is 3.71. The Hall–Kier alpha value is -3.15. The lowest BCUT2D eigenvalue weighted by Crippen LogP contribution is -2.47. The summed E-state index contributed by atoms with van der Waals surface area (Å²) < 4.78 is 11.1. The predicted molar refractivity (Wildman–Crippen MR) is 120 cm³/mol. The highest BCUT2D eigenvalue weighted by atomic mass is 16.5. The van der Waals surface area contributed by atoms with E-state index in [1.807, 2.05) is 42.5 Å². The third-order valence-electron chi connectivity index (χ3n) is 6.11. The van der Waals surface area contributed by atoms with Crippen molar-refractivity contribution in [2.24, 2.45) is 16.3 Å². The number of rotatable bonds is 3. The topological polar surface area (TPSA) is 68.2 Å². The van der Waals surface area contributed by atoms with Crippen molar-refractivity contribution in [1.29, 1.82) is 0 Å². The molecule has 0 spiro atoms. The minimum Gasteiger partial charge on any atom is -0.497 e. The van der Waals surface area contributed by atoms with Crippen LogP contribution in [0, 0.1) is 11.3 Å². The van der Waals surface area contributed by atoms with Gasteiger partial charge >= 0.3 is 0 Å². The number of aliphatic imine (C=N–C) groups is 1. The van der Waals surface area contributed by atoms with Gasteiger partial charge in [-0.05, 0) is 42.2 Å². The highest BCUT2D eigenvalue weighted by Crippen LogP contribution is 2.50. The van der Waals surface area contributed by atoms with E-state index in [1.165, 1.54) is 6.92 Å². The Balaban J connectivity index is 2.03. The van der Waals surface area contributed by atoms with Crippen LogP contribution in [0.5, 0.6) is 11.5 Å². The highest BCUT2D eigenvalue weighted by molar-refractivity contribution is 6.12. The second-order valence-corrected chi connectivity index (χ2v) is 9.00. The maximum absolute atomic E-state index is 13.6. The number of carbonyl (C=O) groups is 2. The fourth-order valence-electron chi connectivity index (χ4n) is 4.87. The van der Waals surface area contributed by atoms with E-state index in [4.69, 9.17) is 14.5 Å². The van der Waals surface area contributed by atoms with Crippen LogP contribution in [-0.2, 0) is 9.59 Å². The van der Waals surface area contributed by atoms with Crippen molar-refractivity contribution in [1.82, 2.24) is 0 Å². The van der Waals surface area contributed by atoms with Gasteiger partial charge in [0.05, 0.1) is 37.6 Å². The van der Waals surface area contributed by atoms with Crippen LogP contribution in [-0.4, -0.2) is 31.6 Å². The normalized spacial score (nSPS) is 22.0. The first-order chi connectivity index (χ1) is 14.8. The molecule has 0 bridgehead atoms. The number of nitrogens with zero attached hydrogens (tertiary/aromatic N) is 2. The summed E-state index contributed by atoms with van der Waals surface area (Å²) in [5.74, 6) is 0.623. The van der Waals surface area contributed by atoms with E-state index >= 15 is 0 Å². The smallest absolute Gasteiger partial charge is 0.224 e. The number of amides is 1. The van der Waals surface area contributed by atoms with Crippen molar-refractivity contribution in [2.45, 2.75) is 39.7 Å². The number of benzene rings is 2. The van der Waals surface area contributed by atoms with Crippen LogP contribution in [0.15, 0.2) is 47.5 Å². The summed E-state index contributed by atoms with van der Waals surface area (Å²) in [6.45, 7) is 5.70. The monoisotopic (exact) mass is 420 g/mol. The fourth-order valence-corrected chi connectivity index (χ4v) is 4.87. The summed E-state index contributed by atoms with van der Waals surface area (Å²) in [4.78, 5) is 33.3. The molecule has 6 nitrogen and oxygen atoms in total. The molecule has 0 radical (unpaired) electrons. The van der Waals surface area contributed by atoms with Gasteiger partial charge in [-0.15, -0.1) is 0 Å². The maximum atomic E-state index is 13.6. The van der Waals surface area contributed by atoms with Crippen LogP contribution in [0.4, 0.5) is 11.4 Å². The minimum absolute atomic E-state index is 0.0870. The number of carbonyl (C=O) groups excluding carboxylic acids is 2. The molecule has 1 fully saturated rings. The molecule has 6 heteroatoms.